The number of benzene rings is 1. The van der Waals surface area contributed by atoms with E-state index >= 15 is 0 Å². The number of ketones is 1. The second kappa shape index (κ2) is 7.53. The fourth-order valence-electron chi connectivity index (χ4n) is 1.57. The van der Waals surface area contributed by atoms with Crippen molar-refractivity contribution in [1.82, 2.24) is 5.32 Å². The van der Waals surface area contributed by atoms with Crippen molar-refractivity contribution in [2.24, 2.45) is 5.92 Å². The van der Waals surface area contributed by atoms with Crippen molar-refractivity contribution in [1.29, 1.82) is 0 Å². The average Bonchev–Trinajstić information content (AvgIpc) is 2.42. The van der Waals surface area contributed by atoms with Crippen LogP contribution in [-0.2, 0) is 4.79 Å². The van der Waals surface area contributed by atoms with Gasteiger partial charge in [0.15, 0.2) is 12.4 Å². The highest BCUT2D eigenvalue weighted by Gasteiger charge is 2.09. The molecule has 0 aliphatic carbocycles. The number of ether oxygens (including phenoxy) is 1. The van der Waals surface area contributed by atoms with Gasteiger partial charge < -0.3 is 15.8 Å². The van der Waals surface area contributed by atoms with Crippen molar-refractivity contribution in [3.63, 3.8) is 0 Å². The third-order valence-electron chi connectivity index (χ3n) is 2.72. The van der Waals surface area contributed by atoms with Gasteiger partial charge in [-0.05, 0) is 24.1 Å². The van der Waals surface area contributed by atoms with Crippen LogP contribution in [0.5, 0.6) is 5.75 Å². The minimum Gasteiger partial charge on any atom is -0.482 e. The Bertz CT molecular complexity index is 484. The van der Waals surface area contributed by atoms with Crippen LogP contribution >= 0.6 is 0 Å². The van der Waals surface area contributed by atoms with Crippen molar-refractivity contribution in [3.05, 3.63) is 23.8 Å². The van der Waals surface area contributed by atoms with Crippen LogP contribution in [0.15, 0.2) is 18.2 Å². The van der Waals surface area contributed by atoms with Gasteiger partial charge in [0.05, 0.1) is 5.69 Å². The number of anilines is 1. The molecule has 1 aromatic rings. The second-order valence-corrected chi connectivity index (χ2v) is 5.02. The predicted octanol–water partition coefficient (Wildman–Crippen LogP) is 2.01. The molecule has 20 heavy (non-hydrogen) atoms. The highest BCUT2D eigenvalue weighted by atomic mass is 16.5. The highest BCUT2D eigenvalue weighted by molar-refractivity contribution is 5.97. The molecular formula is C15H22N2O3. The van der Waals surface area contributed by atoms with Crippen LogP contribution in [0, 0.1) is 5.92 Å². The zero-order valence-electron chi connectivity index (χ0n) is 12.2. The van der Waals surface area contributed by atoms with Gasteiger partial charge in [-0.25, -0.2) is 0 Å². The molecule has 0 heterocycles. The number of nitrogens with two attached hydrogens (primary N) is 1. The van der Waals surface area contributed by atoms with E-state index < -0.39 is 0 Å². The summed E-state index contributed by atoms with van der Waals surface area (Å²) in [6.07, 6.45) is 0.428. The minimum absolute atomic E-state index is 0.0259. The Balaban J connectivity index is 2.56. The van der Waals surface area contributed by atoms with E-state index in [1.165, 1.54) is 0 Å². The molecule has 0 aliphatic rings. The molecule has 110 valence electrons. The first-order chi connectivity index (χ1) is 9.43. The summed E-state index contributed by atoms with van der Waals surface area (Å²) < 4.78 is 5.35. The lowest BCUT2D eigenvalue weighted by Gasteiger charge is -2.11. The first-order valence-electron chi connectivity index (χ1n) is 6.76. The van der Waals surface area contributed by atoms with Gasteiger partial charge in [-0.2, -0.15) is 0 Å². The monoisotopic (exact) mass is 278 g/mol. The number of Topliss-reactive ketones (excluding diaryl/α,β-unsaturated/α-hetero) is 1. The van der Waals surface area contributed by atoms with Crippen LogP contribution in [0.3, 0.4) is 0 Å². The Morgan fingerprint density at radius 2 is 2.05 bits per heavy atom. The lowest BCUT2D eigenvalue weighted by atomic mass is 10.1. The van der Waals surface area contributed by atoms with Crippen LogP contribution in [0.2, 0.25) is 0 Å². The lowest BCUT2D eigenvalue weighted by molar-refractivity contribution is -0.123. The summed E-state index contributed by atoms with van der Waals surface area (Å²) in [5.41, 5.74) is 6.73. The van der Waals surface area contributed by atoms with Gasteiger partial charge >= 0.3 is 0 Å². The average molecular weight is 278 g/mol. The third kappa shape index (κ3) is 4.91. The molecule has 0 saturated carbocycles. The van der Waals surface area contributed by atoms with Crippen molar-refractivity contribution >= 4 is 17.4 Å². The summed E-state index contributed by atoms with van der Waals surface area (Å²) in [7, 11) is 0. The standard InChI is InChI=1S/C15H22N2O3/c1-4-13(18)11-5-6-14(12(16)7-11)20-9-15(19)17-8-10(2)3/h5-7,10H,4,8-9,16H2,1-3H3,(H,17,19). The fourth-order valence-corrected chi connectivity index (χ4v) is 1.57. The van der Waals surface area contributed by atoms with E-state index in [-0.39, 0.29) is 18.3 Å². The normalized spacial score (nSPS) is 10.4. The van der Waals surface area contributed by atoms with Crippen LogP contribution in [0.4, 0.5) is 5.69 Å². The van der Waals surface area contributed by atoms with Crippen LogP contribution in [-0.4, -0.2) is 24.8 Å². The molecule has 0 spiro atoms. The van der Waals surface area contributed by atoms with Gasteiger partial charge in [0.1, 0.15) is 5.75 Å². The third-order valence-corrected chi connectivity index (χ3v) is 2.72. The number of hydrogen-bond acceptors (Lipinski definition) is 4. The Morgan fingerprint density at radius 1 is 1.35 bits per heavy atom. The number of amides is 1. The Morgan fingerprint density at radius 3 is 2.60 bits per heavy atom. The summed E-state index contributed by atoms with van der Waals surface area (Å²) in [6, 6.07) is 4.85. The van der Waals surface area contributed by atoms with Gasteiger partial charge in [0.2, 0.25) is 0 Å². The van der Waals surface area contributed by atoms with E-state index in [4.69, 9.17) is 10.5 Å². The quantitative estimate of drug-likeness (QED) is 0.590. The van der Waals surface area contributed by atoms with E-state index in [9.17, 15) is 9.59 Å². The molecule has 3 N–H and O–H groups in total. The molecule has 1 aromatic carbocycles. The van der Waals surface area contributed by atoms with E-state index in [1.807, 2.05) is 13.8 Å². The predicted molar refractivity (Wildman–Crippen MR) is 78.8 cm³/mol. The number of nitrogens with one attached hydrogen (secondary N) is 1. The molecule has 1 amide bonds. The molecule has 0 radical (unpaired) electrons. The highest BCUT2D eigenvalue weighted by Crippen LogP contribution is 2.23. The molecule has 5 heteroatoms. The smallest absolute Gasteiger partial charge is 0.257 e. The van der Waals surface area contributed by atoms with Gasteiger partial charge in [-0.1, -0.05) is 20.8 Å². The fraction of sp³-hybridized carbons (Fsp3) is 0.467. The van der Waals surface area contributed by atoms with E-state index in [1.54, 1.807) is 25.1 Å². The Kier molecular flexibility index (Phi) is 6.03. The maximum Gasteiger partial charge on any atom is 0.257 e. The number of carbonyl (C=O) groups is 2. The molecule has 0 fully saturated rings. The SMILES string of the molecule is CCC(=O)c1ccc(OCC(=O)NCC(C)C)c(N)c1. The lowest BCUT2D eigenvalue weighted by Crippen LogP contribution is -2.31. The summed E-state index contributed by atoms with van der Waals surface area (Å²) in [4.78, 5) is 23.1. The van der Waals surface area contributed by atoms with Crippen LogP contribution in [0.25, 0.3) is 0 Å². The molecule has 0 aromatic heterocycles. The van der Waals surface area contributed by atoms with E-state index in [0.29, 0.717) is 35.9 Å². The van der Waals surface area contributed by atoms with Crippen LogP contribution < -0.4 is 15.8 Å². The summed E-state index contributed by atoms with van der Waals surface area (Å²) in [6.45, 7) is 6.35. The topological polar surface area (TPSA) is 81.4 Å². The molecule has 0 aliphatic heterocycles. The maximum absolute atomic E-state index is 11.5. The Labute approximate surface area is 119 Å². The number of carbonyl (C=O) groups excluding carboxylic acids is 2. The van der Waals surface area contributed by atoms with Crippen molar-refractivity contribution in [2.45, 2.75) is 27.2 Å². The van der Waals surface area contributed by atoms with E-state index in [0.717, 1.165) is 0 Å². The number of rotatable bonds is 7. The zero-order chi connectivity index (χ0) is 15.1. The largest absolute Gasteiger partial charge is 0.482 e. The first kappa shape index (κ1) is 16.0. The second-order valence-electron chi connectivity index (χ2n) is 5.02. The van der Waals surface area contributed by atoms with Crippen LogP contribution in [0.1, 0.15) is 37.6 Å². The molecule has 1 rings (SSSR count). The molecule has 0 bridgehead atoms. The summed E-state index contributed by atoms with van der Waals surface area (Å²) >= 11 is 0. The van der Waals surface area contributed by atoms with Gasteiger partial charge in [-0.3, -0.25) is 9.59 Å². The molecule has 0 unspecified atom stereocenters. The van der Waals surface area contributed by atoms with Gasteiger partial charge in [0.25, 0.3) is 5.91 Å². The Hall–Kier alpha value is -2.04. The number of nitrogen functional groups attached to an aromatic ring is 1. The van der Waals surface area contributed by atoms with Crippen molar-refractivity contribution < 1.29 is 14.3 Å². The molecule has 0 atom stereocenters. The van der Waals surface area contributed by atoms with Crippen molar-refractivity contribution in [2.75, 3.05) is 18.9 Å². The van der Waals surface area contributed by atoms with Gasteiger partial charge in [0, 0.05) is 18.5 Å². The van der Waals surface area contributed by atoms with Crippen molar-refractivity contribution in [3.8, 4) is 5.75 Å². The summed E-state index contributed by atoms with van der Waals surface area (Å²) in [5, 5.41) is 2.75. The number of hydrogen-bond donors (Lipinski definition) is 2. The molecule has 0 saturated heterocycles. The molecule has 5 nitrogen and oxygen atoms in total. The van der Waals surface area contributed by atoms with E-state index in [2.05, 4.69) is 5.32 Å². The first-order valence-corrected chi connectivity index (χ1v) is 6.76. The minimum atomic E-state index is -0.188. The molecular weight excluding hydrogens is 256 g/mol. The maximum atomic E-state index is 11.5. The zero-order valence-corrected chi connectivity index (χ0v) is 12.2. The van der Waals surface area contributed by atoms with Gasteiger partial charge in [-0.15, -0.1) is 0 Å². The summed E-state index contributed by atoms with van der Waals surface area (Å²) in [5.74, 6) is 0.644.